The smallest absolute Gasteiger partial charge is 0.416 e. The number of nitrogens with one attached hydrogen (secondary N) is 1. The molecule has 0 fully saturated rings. The van der Waals surface area contributed by atoms with E-state index in [-0.39, 0.29) is 5.56 Å². The van der Waals surface area contributed by atoms with E-state index in [4.69, 9.17) is 0 Å². The van der Waals surface area contributed by atoms with Gasteiger partial charge in [-0.3, -0.25) is 0 Å². The third kappa shape index (κ3) is 4.12. The number of hydrogen-bond acceptors (Lipinski definition) is 4. The fourth-order valence-corrected chi connectivity index (χ4v) is 3.18. The van der Waals surface area contributed by atoms with E-state index >= 15 is 0 Å². The van der Waals surface area contributed by atoms with Crippen LogP contribution in [0.4, 0.5) is 13.2 Å². The van der Waals surface area contributed by atoms with Crippen molar-refractivity contribution < 1.29 is 31.5 Å². The third-order valence-electron chi connectivity index (χ3n) is 3.11. The molecular formula is C15H11F3NO4S-. The first-order valence-corrected chi connectivity index (χ1v) is 8.05. The molecule has 2 aromatic carbocycles. The molecule has 0 bridgehead atoms. The van der Waals surface area contributed by atoms with Gasteiger partial charge in [0.2, 0.25) is 10.0 Å². The summed E-state index contributed by atoms with van der Waals surface area (Å²) < 4.78 is 64.4. The number of benzene rings is 2. The number of sulfonamides is 1. The Morgan fingerprint density at radius 3 is 2.21 bits per heavy atom. The lowest BCUT2D eigenvalue weighted by molar-refractivity contribution is -0.308. The quantitative estimate of drug-likeness (QED) is 0.877. The van der Waals surface area contributed by atoms with Crippen LogP contribution in [-0.2, 0) is 21.0 Å². The van der Waals surface area contributed by atoms with Gasteiger partial charge >= 0.3 is 6.18 Å². The van der Waals surface area contributed by atoms with E-state index in [0.717, 1.165) is 12.1 Å². The van der Waals surface area contributed by atoms with E-state index in [0.29, 0.717) is 12.1 Å². The average molecular weight is 358 g/mol. The highest BCUT2D eigenvalue weighted by atomic mass is 32.2. The van der Waals surface area contributed by atoms with Crippen LogP contribution in [0.5, 0.6) is 0 Å². The Morgan fingerprint density at radius 1 is 1.04 bits per heavy atom. The van der Waals surface area contributed by atoms with Crippen LogP contribution in [0, 0.1) is 0 Å². The van der Waals surface area contributed by atoms with Crippen LogP contribution in [0.15, 0.2) is 59.5 Å². The highest BCUT2D eigenvalue weighted by Crippen LogP contribution is 2.30. The zero-order valence-electron chi connectivity index (χ0n) is 11.9. The minimum Gasteiger partial charge on any atom is -0.548 e. The van der Waals surface area contributed by atoms with Crippen molar-refractivity contribution in [3.63, 3.8) is 0 Å². The lowest BCUT2D eigenvalue weighted by Crippen LogP contribution is -2.41. The molecule has 0 heterocycles. The van der Waals surface area contributed by atoms with Gasteiger partial charge in [0.25, 0.3) is 0 Å². The molecule has 1 N–H and O–H groups in total. The summed E-state index contributed by atoms with van der Waals surface area (Å²) in [5.74, 6) is -1.73. The van der Waals surface area contributed by atoms with Crippen LogP contribution in [0.3, 0.4) is 0 Å². The molecule has 0 aliphatic carbocycles. The molecule has 128 valence electrons. The normalized spacial score (nSPS) is 13.5. The van der Waals surface area contributed by atoms with Crippen LogP contribution in [0.1, 0.15) is 17.2 Å². The summed E-state index contributed by atoms with van der Waals surface area (Å²) >= 11 is 0. The van der Waals surface area contributed by atoms with Gasteiger partial charge in [-0.1, -0.05) is 36.4 Å². The summed E-state index contributed by atoms with van der Waals surface area (Å²) in [7, 11) is -4.51. The maximum Gasteiger partial charge on any atom is 0.416 e. The number of halogens is 3. The molecule has 0 radical (unpaired) electrons. The van der Waals surface area contributed by atoms with Crippen LogP contribution in [0.25, 0.3) is 0 Å². The number of rotatable bonds is 5. The molecule has 9 heteroatoms. The SMILES string of the molecule is O=C([O-])[C@@H](NS(=O)(=O)c1cccc(C(F)(F)F)c1)c1ccccc1. The van der Waals surface area contributed by atoms with Crippen molar-refractivity contribution in [1.29, 1.82) is 0 Å². The molecule has 0 aliphatic rings. The minimum absolute atomic E-state index is 0.0908. The molecule has 0 aromatic heterocycles. The maximum absolute atomic E-state index is 12.7. The number of alkyl halides is 3. The Labute approximate surface area is 135 Å². The van der Waals surface area contributed by atoms with Gasteiger partial charge in [0.1, 0.15) is 0 Å². The first-order valence-electron chi connectivity index (χ1n) is 6.56. The van der Waals surface area contributed by atoms with Crippen molar-refractivity contribution >= 4 is 16.0 Å². The fraction of sp³-hybridized carbons (Fsp3) is 0.133. The van der Waals surface area contributed by atoms with Gasteiger partial charge in [0, 0.05) is 0 Å². The maximum atomic E-state index is 12.7. The summed E-state index contributed by atoms with van der Waals surface area (Å²) in [6.45, 7) is 0. The first-order chi connectivity index (χ1) is 11.1. The van der Waals surface area contributed by atoms with E-state index in [9.17, 15) is 31.5 Å². The van der Waals surface area contributed by atoms with E-state index in [2.05, 4.69) is 0 Å². The molecule has 0 unspecified atom stereocenters. The van der Waals surface area contributed by atoms with Crippen LogP contribution >= 0.6 is 0 Å². The predicted octanol–water partition coefficient (Wildman–Crippen LogP) is 1.47. The van der Waals surface area contributed by atoms with Crippen LogP contribution < -0.4 is 9.83 Å². The first kappa shape index (κ1) is 18.0. The number of carbonyl (C=O) groups excluding carboxylic acids is 1. The van der Waals surface area contributed by atoms with Gasteiger partial charge in [-0.15, -0.1) is 0 Å². The summed E-state index contributed by atoms with van der Waals surface area (Å²) in [4.78, 5) is 10.5. The second-order valence-corrected chi connectivity index (χ2v) is 6.52. The third-order valence-corrected chi connectivity index (χ3v) is 4.53. The Balaban J connectivity index is 2.38. The highest BCUT2D eigenvalue weighted by molar-refractivity contribution is 7.89. The van der Waals surface area contributed by atoms with Gasteiger partial charge in [0.05, 0.1) is 22.5 Å². The average Bonchev–Trinajstić information content (AvgIpc) is 2.52. The molecule has 0 aliphatic heterocycles. The topological polar surface area (TPSA) is 86.3 Å². The molecule has 2 rings (SSSR count). The summed E-state index contributed by atoms with van der Waals surface area (Å²) in [5, 5.41) is 11.2. The highest BCUT2D eigenvalue weighted by Gasteiger charge is 2.32. The van der Waals surface area contributed by atoms with Crippen LogP contribution in [-0.4, -0.2) is 14.4 Å². The van der Waals surface area contributed by atoms with Crippen molar-refractivity contribution in [2.75, 3.05) is 0 Å². The number of carboxylic acid groups (broad SMARTS) is 1. The van der Waals surface area contributed by atoms with Crippen molar-refractivity contribution in [2.24, 2.45) is 0 Å². The van der Waals surface area contributed by atoms with E-state index in [1.807, 2.05) is 4.72 Å². The monoisotopic (exact) mass is 358 g/mol. The second-order valence-electron chi connectivity index (χ2n) is 4.81. The van der Waals surface area contributed by atoms with Gasteiger partial charge in [-0.2, -0.15) is 17.9 Å². The number of hydrogen-bond donors (Lipinski definition) is 1. The fourth-order valence-electron chi connectivity index (χ4n) is 1.96. The Bertz CT molecular complexity index is 835. The van der Waals surface area contributed by atoms with E-state index in [1.165, 1.54) is 24.3 Å². The largest absolute Gasteiger partial charge is 0.548 e. The van der Waals surface area contributed by atoms with Crippen molar-refractivity contribution in [3.8, 4) is 0 Å². The van der Waals surface area contributed by atoms with Gasteiger partial charge in [-0.25, -0.2) is 8.42 Å². The number of aliphatic carboxylic acids is 1. The second kappa shape index (κ2) is 6.62. The Hall–Kier alpha value is -2.39. The predicted molar refractivity (Wildman–Crippen MR) is 76.0 cm³/mol. The lowest BCUT2D eigenvalue weighted by atomic mass is 10.1. The van der Waals surface area contributed by atoms with E-state index in [1.54, 1.807) is 6.07 Å². The van der Waals surface area contributed by atoms with Gasteiger partial charge < -0.3 is 9.90 Å². The molecule has 5 nitrogen and oxygen atoms in total. The zero-order chi connectivity index (χ0) is 18.0. The van der Waals surface area contributed by atoms with Crippen molar-refractivity contribution in [2.45, 2.75) is 17.1 Å². The molecule has 0 spiro atoms. The zero-order valence-corrected chi connectivity index (χ0v) is 12.8. The molecule has 24 heavy (non-hydrogen) atoms. The molecular weight excluding hydrogens is 347 g/mol. The Morgan fingerprint density at radius 2 is 1.67 bits per heavy atom. The summed E-state index contributed by atoms with van der Waals surface area (Å²) in [6.07, 6.45) is -4.72. The summed E-state index contributed by atoms with van der Waals surface area (Å²) in [6, 6.07) is 8.56. The summed E-state index contributed by atoms with van der Waals surface area (Å²) in [5.41, 5.74) is -1.07. The Kier molecular flexibility index (Phi) is 4.95. The lowest BCUT2D eigenvalue weighted by Gasteiger charge is -2.20. The standard InChI is InChI=1S/C15H12F3NO4S/c16-15(17,18)11-7-4-8-12(9-11)24(22,23)19-13(14(20)21)10-5-2-1-3-6-10/h1-9,13,19H,(H,20,21)/p-1/t13-/m0/s1. The minimum atomic E-state index is -4.72. The number of carbonyl (C=O) groups is 1. The van der Waals surface area contributed by atoms with E-state index < -0.39 is 38.7 Å². The molecule has 0 amide bonds. The van der Waals surface area contributed by atoms with Crippen molar-refractivity contribution in [3.05, 3.63) is 65.7 Å². The van der Waals surface area contributed by atoms with Crippen LogP contribution in [0.2, 0.25) is 0 Å². The van der Waals surface area contributed by atoms with Crippen molar-refractivity contribution in [1.82, 2.24) is 4.72 Å². The molecule has 0 saturated heterocycles. The van der Waals surface area contributed by atoms with Gasteiger partial charge in [-0.05, 0) is 23.8 Å². The number of carboxylic acids is 1. The molecule has 1 atom stereocenters. The molecule has 2 aromatic rings. The van der Waals surface area contributed by atoms with Gasteiger partial charge in [0.15, 0.2) is 0 Å². The molecule has 0 saturated carbocycles.